The standard InChI is InChI=1S/C25H23F6NO4/c1-3-36-23(34)21(14-5-4-6-20(12-14)35-2)15-7-8-19(11-15)32-22(33)16-9-17(24(26,27)28)13-18(10-16)25(29,30)31/h4-10,12-13,15,19,21H,3,11H2,1-2H3,(H,32,33)/t15-,19+,21+/m0/s1. The second kappa shape index (κ2) is 10.6. The van der Waals surface area contributed by atoms with Crippen molar-refractivity contribution in [2.24, 2.45) is 5.92 Å². The lowest BCUT2D eigenvalue weighted by molar-refractivity contribution is -0.146. The quantitative estimate of drug-likeness (QED) is 0.290. The lowest BCUT2D eigenvalue weighted by Crippen LogP contribution is -2.34. The Balaban J connectivity index is 1.82. The van der Waals surface area contributed by atoms with Gasteiger partial charge in [-0.15, -0.1) is 0 Å². The fourth-order valence-corrected chi connectivity index (χ4v) is 4.04. The van der Waals surface area contributed by atoms with Crippen molar-refractivity contribution in [3.05, 3.63) is 76.9 Å². The third-order valence-corrected chi connectivity index (χ3v) is 5.70. The highest BCUT2D eigenvalue weighted by atomic mass is 19.4. The molecule has 3 atom stereocenters. The number of halogens is 6. The number of benzene rings is 2. The summed E-state index contributed by atoms with van der Waals surface area (Å²) in [7, 11) is 1.47. The highest BCUT2D eigenvalue weighted by Crippen LogP contribution is 2.38. The number of amides is 1. The summed E-state index contributed by atoms with van der Waals surface area (Å²) in [5, 5.41) is 2.45. The van der Waals surface area contributed by atoms with E-state index in [1.165, 1.54) is 7.11 Å². The molecule has 0 aromatic heterocycles. The van der Waals surface area contributed by atoms with Gasteiger partial charge in [0, 0.05) is 11.6 Å². The average molecular weight is 515 g/mol. The van der Waals surface area contributed by atoms with E-state index in [2.05, 4.69) is 5.32 Å². The first-order valence-corrected chi connectivity index (χ1v) is 10.9. The van der Waals surface area contributed by atoms with Gasteiger partial charge >= 0.3 is 18.3 Å². The van der Waals surface area contributed by atoms with E-state index in [1.807, 2.05) is 0 Å². The first-order valence-electron chi connectivity index (χ1n) is 10.9. The average Bonchev–Trinajstić information content (AvgIpc) is 3.25. The van der Waals surface area contributed by atoms with Crippen LogP contribution in [0.4, 0.5) is 26.3 Å². The van der Waals surface area contributed by atoms with Crippen LogP contribution in [-0.2, 0) is 21.9 Å². The molecular weight excluding hydrogens is 492 g/mol. The number of nitrogens with one attached hydrogen (secondary N) is 1. The Hall–Kier alpha value is -3.50. The van der Waals surface area contributed by atoms with E-state index >= 15 is 0 Å². The molecule has 0 unspecified atom stereocenters. The van der Waals surface area contributed by atoms with Crippen molar-refractivity contribution in [1.29, 1.82) is 0 Å². The van der Waals surface area contributed by atoms with Gasteiger partial charge in [0.25, 0.3) is 5.91 Å². The molecule has 11 heteroatoms. The summed E-state index contributed by atoms with van der Waals surface area (Å²) in [5.74, 6) is -2.31. The lowest BCUT2D eigenvalue weighted by Gasteiger charge is -2.23. The zero-order valence-electron chi connectivity index (χ0n) is 19.2. The highest BCUT2D eigenvalue weighted by molar-refractivity contribution is 5.95. The largest absolute Gasteiger partial charge is 0.497 e. The molecule has 1 amide bonds. The van der Waals surface area contributed by atoms with E-state index in [1.54, 1.807) is 43.3 Å². The number of hydrogen-bond donors (Lipinski definition) is 1. The lowest BCUT2D eigenvalue weighted by atomic mass is 9.85. The first-order chi connectivity index (χ1) is 16.8. The zero-order valence-corrected chi connectivity index (χ0v) is 19.2. The normalized spacial score (nSPS) is 18.6. The molecule has 1 aliphatic rings. The predicted octanol–water partition coefficient (Wildman–Crippen LogP) is 5.75. The molecule has 2 aromatic carbocycles. The number of carbonyl (C=O) groups excluding carboxylic acids is 2. The third-order valence-electron chi connectivity index (χ3n) is 5.70. The first kappa shape index (κ1) is 27.1. The van der Waals surface area contributed by atoms with E-state index in [4.69, 9.17) is 9.47 Å². The Labute approximate surface area is 203 Å². The molecule has 1 N–H and O–H groups in total. The summed E-state index contributed by atoms with van der Waals surface area (Å²) in [4.78, 5) is 25.4. The molecule has 1 aliphatic carbocycles. The maximum Gasteiger partial charge on any atom is 0.416 e. The predicted molar refractivity (Wildman–Crippen MR) is 117 cm³/mol. The van der Waals surface area contributed by atoms with Crippen molar-refractivity contribution in [2.45, 2.75) is 37.7 Å². The van der Waals surface area contributed by atoms with Crippen LogP contribution in [0.3, 0.4) is 0 Å². The van der Waals surface area contributed by atoms with Gasteiger partial charge in [0.15, 0.2) is 0 Å². The van der Waals surface area contributed by atoms with Gasteiger partial charge in [-0.3, -0.25) is 9.59 Å². The smallest absolute Gasteiger partial charge is 0.416 e. The molecule has 3 rings (SSSR count). The van der Waals surface area contributed by atoms with Gasteiger partial charge < -0.3 is 14.8 Å². The topological polar surface area (TPSA) is 64.6 Å². The Bertz CT molecular complexity index is 1110. The number of carbonyl (C=O) groups is 2. The number of alkyl halides is 6. The molecule has 0 saturated carbocycles. The monoisotopic (exact) mass is 515 g/mol. The van der Waals surface area contributed by atoms with Crippen LogP contribution >= 0.6 is 0 Å². The second-order valence-electron chi connectivity index (χ2n) is 8.17. The molecule has 2 aromatic rings. The molecule has 0 spiro atoms. The number of ether oxygens (including phenoxy) is 2. The summed E-state index contributed by atoms with van der Waals surface area (Å²) in [6.07, 6.45) is -6.75. The Morgan fingerprint density at radius 1 is 1.00 bits per heavy atom. The molecule has 0 saturated heterocycles. The van der Waals surface area contributed by atoms with Gasteiger partial charge in [-0.25, -0.2) is 0 Å². The van der Waals surface area contributed by atoms with E-state index in [0.717, 1.165) is 0 Å². The number of rotatable bonds is 7. The molecule has 194 valence electrons. The highest BCUT2D eigenvalue weighted by Gasteiger charge is 2.38. The van der Waals surface area contributed by atoms with Crippen LogP contribution in [-0.4, -0.2) is 31.6 Å². The number of methoxy groups -OCH3 is 1. The van der Waals surface area contributed by atoms with Gasteiger partial charge in [0.1, 0.15) is 5.75 Å². The van der Waals surface area contributed by atoms with E-state index in [-0.39, 0.29) is 19.1 Å². The SMILES string of the molecule is CCOC(=O)[C@H](c1cccc(OC)c1)[C@H]1C=C[C@@H](NC(=O)c2cc(C(F)(F)F)cc(C(F)(F)F)c2)C1. The van der Waals surface area contributed by atoms with Crippen LogP contribution in [0.1, 0.15) is 46.3 Å². The fourth-order valence-electron chi connectivity index (χ4n) is 4.04. The summed E-state index contributed by atoms with van der Waals surface area (Å²) in [5.41, 5.74) is -3.34. The van der Waals surface area contributed by atoms with Crippen molar-refractivity contribution in [1.82, 2.24) is 5.32 Å². The molecule has 5 nitrogen and oxygen atoms in total. The van der Waals surface area contributed by atoms with Crippen molar-refractivity contribution < 1.29 is 45.4 Å². The van der Waals surface area contributed by atoms with Crippen molar-refractivity contribution in [3.8, 4) is 5.75 Å². The van der Waals surface area contributed by atoms with Gasteiger partial charge in [0.2, 0.25) is 0 Å². The minimum absolute atomic E-state index is 0.0413. The van der Waals surface area contributed by atoms with E-state index < -0.39 is 58.8 Å². The van der Waals surface area contributed by atoms with E-state index in [9.17, 15) is 35.9 Å². The molecule has 0 aliphatic heterocycles. The fraction of sp³-hybridized carbons (Fsp3) is 0.360. The maximum atomic E-state index is 13.1. The third kappa shape index (κ3) is 6.38. The zero-order chi connectivity index (χ0) is 26.7. The van der Waals surface area contributed by atoms with Crippen LogP contribution in [0.2, 0.25) is 0 Å². The summed E-state index contributed by atoms with van der Waals surface area (Å²) < 4.78 is 89.2. The number of hydrogen-bond acceptors (Lipinski definition) is 4. The molecule has 0 radical (unpaired) electrons. The van der Waals surface area contributed by atoms with Crippen LogP contribution in [0, 0.1) is 5.92 Å². The minimum Gasteiger partial charge on any atom is -0.497 e. The van der Waals surface area contributed by atoms with Crippen molar-refractivity contribution >= 4 is 11.9 Å². The van der Waals surface area contributed by atoms with Gasteiger partial charge in [-0.1, -0.05) is 24.3 Å². The summed E-state index contributed by atoms with van der Waals surface area (Å²) in [6, 6.07) is 6.76. The van der Waals surface area contributed by atoms with Gasteiger partial charge in [0.05, 0.1) is 30.8 Å². The molecule has 36 heavy (non-hydrogen) atoms. The van der Waals surface area contributed by atoms with Crippen molar-refractivity contribution in [2.75, 3.05) is 13.7 Å². The number of esters is 1. The molecular formula is C25H23F6NO4. The summed E-state index contributed by atoms with van der Waals surface area (Å²) >= 11 is 0. The summed E-state index contributed by atoms with van der Waals surface area (Å²) in [6.45, 7) is 1.78. The molecule has 0 fully saturated rings. The second-order valence-corrected chi connectivity index (χ2v) is 8.17. The van der Waals surface area contributed by atoms with Crippen LogP contribution < -0.4 is 10.1 Å². The van der Waals surface area contributed by atoms with Crippen LogP contribution in [0.25, 0.3) is 0 Å². The molecule has 0 bridgehead atoms. The van der Waals surface area contributed by atoms with Gasteiger partial charge in [-0.2, -0.15) is 26.3 Å². The maximum absolute atomic E-state index is 13.1. The molecule has 0 heterocycles. The Morgan fingerprint density at radius 2 is 1.64 bits per heavy atom. The number of allylic oxidation sites excluding steroid dienone is 1. The van der Waals surface area contributed by atoms with Crippen LogP contribution in [0.15, 0.2) is 54.6 Å². The Kier molecular flexibility index (Phi) is 8.00. The van der Waals surface area contributed by atoms with Crippen LogP contribution in [0.5, 0.6) is 5.75 Å². The minimum atomic E-state index is -5.07. The van der Waals surface area contributed by atoms with Crippen molar-refractivity contribution in [3.63, 3.8) is 0 Å². The van der Waals surface area contributed by atoms with Gasteiger partial charge in [-0.05, 0) is 55.2 Å². The van der Waals surface area contributed by atoms with E-state index in [0.29, 0.717) is 23.4 Å². The Morgan fingerprint density at radius 3 is 2.19 bits per heavy atom.